The number of fused-ring (bicyclic) bond motifs is 14. The molecule has 0 aliphatic carbocycles. The van der Waals surface area contributed by atoms with Crippen LogP contribution in [0.1, 0.15) is 78.2 Å². The van der Waals surface area contributed by atoms with Crippen LogP contribution in [-0.4, -0.2) is 106 Å². The summed E-state index contributed by atoms with van der Waals surface area (Å²) in [4.78, 5) is 54.9. The topological polar surface area (TPSA) is 211 Å². The number of esters is 1. The Kier molecular flexibility index (Phi) is 14.6. The van der Waals surface area contributed by atoms with E-state index in [2.05, 4.69) is 5.32 Å². The summed E-state index contributed by atoms with van der Waals surface area (Å²) in [5.41, 5.74) is -0.00860. The number of methoxy groups -OCH3 is 1. The fraction of sp³-hybridized carbons (Fsp3) is 0.535. The first-order valence-electron chi connectivity index (χ1n) is 19.5. The number of aliphatic hydroxyl groups excluding tert-OH is 2. The zero-order valence-corrected chi connectivity index (χ0v) is 35.1. The number of phenols is 2. The summed E-state index contributed by atoms with van der Waals surface area (Å²) >= 11 is 0. The molecular formula is C43H58N2O13. The van der Waals surface area contributed by atoms with Crippen molar-refractivity contribution in [1.82, 2.24) is 4.90 Å². The molecule has 5 N–H and O–H groups in total. The van der Waals surface area contributed by atoms with E-state index in [1.54, 1.807) is 44.7 Å². The van der Waals surface area contributed by atoms with Gasteiger partial charge in [0.1, 0.15) is 23.4 Å². The Morgan fingerprint density at radius 2 is 1.60 bits per heavy atom. The first-order chi connectivity index (χ1) is 27.2. The number of nitrogens with one attached hydrogen (secondary N) is 1. The van der Waals surface area contributed by atoms with E-state index in [1.165, 1.54) is 59.3 Å². The maximum absolute atomic E-state index is 14.4. The van der Waals surface area contributed by atoms with Gasteiger partial charge < -0.3 is 54.3 Å². The molecule has 0 aromatic heterocycles. The Morgan fingerprint density at radius 3 is 2.21 bits per heavy atom. The summed E-state index contributed by atoms with van der Waals surface area (Å²) in [6.45, 7) is 16.5. The Hall–Kier alpha value is -5.12. The fourth-order valence-corrected chi connectivity index (χ4v) is 7.56. The average molecular weight is 811 g/mol. The second-order valence-electron chi connectivity index (χ2n) is 15.3. The molecule has 9 unspecified atom stereocenters. The van der Waals surface area contributed by atoms with Crippen molar-refractivity contribution in [3.63, 3.8) is 0 Å². The van der Waals surface area contributed by atoms with Crippen molar-refractivity contribution in [1.29, 1.82) is 0 Å². The monoisotopic (exact) mass is 810 g/mol. The van der Waals surface area contributed by atoms with E-state index in [0.29, 0.717) is 13.1 Å². The molecule has 3 aliphatic rings. The molecule has 0 radical (unpaired) electrons. The van der Waals surface area contributed by atoms with E-state index in [4.69, 9.17) is 23.7 Å². The summed E-state index contributed by atoms with van der Waals surface area (Å²) in [7, 11) is 1.44. The number of allylic oxidation sites excluding steroid dienone is 2. The van der Waals surface area contributed by atoms with Gasteiger partial charge in [0.05, 0.1) is 41.2 Å². The molecule has 5 rings (SSSR count). The number of rotatable bonds is 7. The number of phenolic OH excluding ortho intramolecular Hbond substituents is 2. The smallest absolute Gasteiger partial charge is 0.312 e. The molecule has 0 saturated carbocycles. The van der Waals surface area contributed by atoms with Crippen molar-refractivity contribution in [3.05, 3.63) is 53.3 Å². The van der Waals surface area contributed by atoms with Crippen molar-refractivity contribution in [2.45, 2.75) is 99.4 Å². The molecule has 15 nitrogen and oxygen atoms in total. The Balaban J connectivity index is 1.94. The standard InChI is InChI=1S/C43H58N2O13/c1-12-45(13-2)31(47)20-55-30-19-28-38(51)33-32(30)34-40(26(8)37(33)50)58-43(10,41(34)52)56-18-17-29(54-11)23(5)39(57-27(9)46)25(7)36(49)24(6)35(48)21(3)15-14-16-22(4)42(53)44-28/h14-19,21,23-25,29,35-36,39,48-51H,12-13,20H2,1-11H3,(H,44,53)/b15-14-,18-17?,22-16?. The maximum Gasteiger partial charge on any atom is 0.312 e. The number of carbonyl (C=O) groups is 4. The van der Waals surface area contributed by atoms with Gasteiger partial charge in [0, 0.05) is 80.3 Å². The number of hydrogen-bond donors (Lipinski definition) is 5. The molecule has 2 aromatic carbocycles. The van der Waals surface area contributed by atoms with Crippen molar-refractivity contribution in [2.75, 3.05) is 32.1 Å². The zero-order chi connectivity index (χ0) is 43.4. The first kappa shape index (κ1) is 45.6. The molecule has 3 heterocycles. The number of anilines is 1. The van der Waals surface area contributed by atoms with Crippen LogP contribution in [0.2, 0.25) is 0 Å². The third-order valence-electron chi connectivity index (χ3n) is 11.3. The van der Waals surface area contributed by atoms with E-state index in [0.717, 1.165) is 0 Å². The second-order valence-corrected chi connectivity index (χ2v) is 15.3. The Labute approximate surface area is 339 Å². The molecule has 2 amide bonds. The van der Waals surface area contributed by atoms with E-state index < -0.39 is 89.6 Å². The van der Waals surface area contributed by atoms with Gasteiger partial charge in [-0.3, -0.25) is 19.2 Å². The van der Waals surface area contributed by atoms with E-state index >= 15 is 0 Å². The van der Waals surface area contributed by atoms with E-state index in [-0.39, 0.29) is 50.6 Å². The van der Waals surface area contributed by atoms with Gasteiger partial charge in [-0.15, -0.1) is 0 Å². The number of ether oxygens (including phenoxy) is 5. The van der Waals surface area contributed by atoms with Crippen molar-refractivity contribution >= 4 is 40.0 Å². The summed E-state index contributed by atoms with van der Waals surface area (Å²) < 4.78 is 29.7. The molecule has 15 heteroatoms. The SMILES string of the molecule is CCN(CC)C(=O)COc1cc2c(O)c3c(O)c(C)c4c(c13)C(=O)C(C)(OC=CC(OC)C(C)C(OC(C)=O)C(C)C(O)C(C)C(O)C(C)/C=C\C=C(C)C(=O)N2)O4. The van der Waals surface area contributed by atoms with Gasteiger partial charge in [-0.1, -0.05) is 45.9 Å². The molecule has 0 spiro atoms. The number of hydrogen-bond acceptors (Lipinski definition) is 13. The van der Waals surface area contributed by atoms with Crippen molar-refractivity contribution in [3.8, 4) is 23.0 Å². The number of likely N-dealkylation sites (N-methyl/N-ethyl adjacent to an activating group) is 1. The summed E-state index contributed by atoms with van der Waals surface area (Å²) in [6, 6.07) is 1.27. The lowest BCUT2D eigenvalue weighted by Gasteiger charge is -2.38. The van der Waals surface area contributed by atoms with E-state index in [1.807, 2.05) is 13.8 Å². The number of aromatic hydroxyl groups is 2. The van der Waals surface area contributed by atoms with Crippen LogP contribution in [0.25, 0.3) is 10.8 Å². The molecule has 0 fully saturated rings. The van der Waals surface area contributed by atoms with Crippen molar-refractivity contribution < 1.29 is 63.3 Å². The van der Waals surface area contributed by atoms with Gasteiger partial charge in [-0.25, -0.2) is 0 Å². The number of ketones is 1. The average Bonchev–Trinajstić information content (AvgIpc) is 3.45. The lowest BCUT2D eigenvalue weighted by atomic mass is 9.78. The Morgan fingerprint density at radius 1 is 0.948 bits per heavy atom. The van der Waals surface area contributed by atoms with Crippen LogP contribution in [0, 0.1) is 30.6 Å². The molecular weight excluding hydrogens is 752 g/mol. The minimum absolute atomic E-state index is 0.0574. The van der Waals surface area contributed by atoms with Crippen LogP contribution in [0.3, 0.4) is 0 Å². The lowest BCUT2D eigenvalue weighted by molar-refractivity contribution is -0.160. The highest BCUT2D eigenvalue weighted by molar-refractivity contribution is 6.21. The van der Waals surface area contributed by atoms with Gasteiger partial charge in [0.25, 0.3) is 17.6 Å². The largest absolute Gasteiger partial charge is 0.507 e. The normalized spacial score (nSPS) is 28.7. The first-order valence-corrected chi connectivity index (χ1v) is 19.5. The van der Waals surface area contributed by atoms with E-state index in [9.17, 15) is 39.6 Å². The predicted octanol–water partition coefficient (Wildman–Crippen LogP) is 5.30. The molecule has 9 atom stereocenters. The molecule has 318 valence electrons. The number of aliphatic hydroxyl groups is 2. The van der Waals surface area contributed by atoms with Crippen LogP contribution < -0.4 is 14.8 Å². The maximum atomic E-state index is 14.4. The van der Waals surface area contributed by atoms with Gasteiger partial charge in [0.15, 0.2) is 12.4 Å². The molecule has 0 saturated heterocycles. The number of carbonyl (C=O) groups excluding carboxylic acids is 4. The van der Waals surface area contributed by atoms with Crippen LogP contribution in [0.4, 0.5) is 5.69 Å². The minimum atomic E-state index is -2.02. The molecule has 5 bridgehead atoms. The van der Waals surface area contributed by atoms with Gasteiger partial charge in [-0.05, 0) is 33.8 Å². The highest BCUT2D eigenvalue weighted by Gasteiger charge is 2.49. The van der Waals surface area contributed by atoms with Gasteiger partial charge >= 0.3 is 11.8 Å². The number of Topliss-reactive ketones (excluding diaryl/α,β-unsaturated/α-hetero) is 1. The summed E-state index contributed by atoms with van der Waals surface area (Å²) in [5, 5.41) is 48.4. The number of amides is 2. The zero-order valence-electron chi connectivity index (χ0n) is 35.1. The second kappa shape index (κ2) is 18.6. The molecule has 3 aliphatic heterocycles. The van der Waals surface area contributed by atoms with Crippen LogP contribution in [0.5, 0.6) is 23.0 Å². The van der Waals surface area contributed by atoms with Crippen LogP contribution >= 0.6 is 0 Å². The molecule has 58 heavy (non-hydrogen) atoms. The fourth-order valence-electron chi connectivity index (χ4n) is 7.56. The molecule has 2 aromatic rings. The summed E-state index contributed by atoms with van der Waals surface area (Å²) in [6.07, 6.45) is 3.60. The third kappa shape index (κ3) is 9.11. The number of benzene rings is 2. The minimum Gasteiger partial charge on any atom is -0.507 e. The van der Waals surface area contributed by atoms with Crippen LogP contribution in [0.15, 0.2) is 42.2 Å². The highest BCUT2D eigenvalue weighted by atomic mass is 16.7. The third-order valence-corrected chi connectivity index (χ3v) is 11.3. The quantitative estimate of drug-likeness (QED) is 0.178. The number of nitrogens with zero attached hydrogens (tertiary/aromatic N) is 1. The van der Waals surface area contributed by atoms with Gasteiger partial charge in [0.2, 0.25) is 0 Å². The highest BCUT2D eigenvalue weighted by Crippen LogP contribution is 2.54. The Bertz CT molecular complexity index is 1990. The lowest BCUT2D eigenvalue weighted by Crippen LogP contribution is -2.46. The van der Waals surface area contributed by atoms with Crippen molar-refractivity contribution in [2.24, 2.45) is 23.7 Å². The van der Waals surface area contributed by atoms with Crippen LogP contribution in [-0.2, 0) is 28.6 Å². The summed E-state index contributed by atoms with van der Waals surface area (Å²) in [5.74, 6) is -8.01. The predicted molar refractivity (Wildman–Crippen MR) is 216 cm³/mol. The van der Waals surface area contributed by atoms with Gasteiger partial charge in [-0.2, -0.15) is 0 Å².